The fraction of sp³-hybridized carbons (Fsp3) is 0.500. The Balaban J connectivity index is 1.84. The van der Waals surface area contributed by atoms with Crippen molar-refractivity contribution in [1.82, 2.24) is 10.3 Å². The molecule has 1 aromatic carbocycles. The Morgan fingerprint density at radius 2 is 2.12 bits per heavy atom. The Morgan fingerprint density at radius 3 is 2.73 bits per heavy atom. The lowest BCUT2D eigenvalue weighted by Crippen LogP contribution is -2.40. The van der Waals surface area contributed by atoms with Crippen LogP contribution in [0.5, 0.6) is 11.6 Å². The predicted octanol–water partition coefficient (Wildman–Crippen LogP) is 3.81. The molecule has 1 saturated carbocycles. The highest BCUT2D eigenvalue weighted by atomic mass is 19.3. The summed E-state index contributed by atoms with van der Waals surface area (Å²) in [5, 5.41) is 3.09. The van der Waals surface area contributed by atoms with Gasteiger partial charge in [-0.15, -0.1) is 0 Å². The number of ether oxygens (including phenoxy) is 2. The maximum atomic E-state index is 13.3. The molecule has 1 saturated heterocycles. The third kappa shape index (κ3) is 5.19. The second-order valence-electron chi connectivity index (χ2n) is 9.24. The zero-order chi connectivity index (χ0) is 23.8. The van der Waals surface area contributed by atoms with Gasteiger partial charge >= 0.3 is 6.61 Å². The fourth-order valence-corrected chi connectivity index (χ4v) is 4.40. The van der Waals surface area contributed by atoms with Crippen molar-refractivity contribution in [2.45, 2.75) is 51.3 Å². The normalized spacial score (nSPS) is 21.2. The minimum absolute atomic E-state index is 0.0119. The fourth-order valence-electron chi connectivity index (χ4n) is 4.40. The third-order valence-electron chi connectivity index (χ3n) is 6.31. The number of hydrogen-bond acceptors (Lipinski definition) is 6. The minimum atomic E-state index is -2.95. The van der Waals surface area contributed by atoms with Crippen molar-refractivity contribution in [3.05, 3.63) is 36.0 Å². The Hall–Kier alpha value is -2.94. The first-order valence-electron chi connectivity index (χ1n) is 11.2. The van der Waals surface area contributed by atoms with E-state index in [0.717, 1.165) is 19.3 Å². The maximum absolute atomic E-state index is 13.3. The molecule has 0 spiro atoms. The molecule has 7 nitrogen and oxygen atoms in total. The lowest BCUT2D eigenvalue weighted by Gasteiger charge is -2.28. The molecule has 2 heterocycles. The summed E-state index contributed by atoms with van der Waals surface area (Å²) in [5.41, 5.74) is 8.11. The average molecular weight is 461 g/mol. The highest BCUT2D eigenvalue weighted by molar-refractivity contribution is 6.04. The summed E-state index contributed by atoms with van der Waals surface area (Å²) in [6.45, 7) is 2.19. The van der Waals surface area contributed by atoms with E-state index < -0.39 is 12.2 Å². The number of carbonyl (C=O) groups is 1. The van der Waals surface area contributed by atoms with E-state index >= 15 is 0 Å². The highest BCUT2D eigenvalue weighted by Crippen LogP contribution is 2.43. The molecule has 2 fully saturated rings. The van der Waals surface area contributed by atoms with Crippen molar-refractivity contribution in [2.24, 2.45) is 11.7 Å². The first-order chi connectivity index (χ1) is 15.7. The number of nitrogens with zero attached hydrogens (tertiary/aromatic N) is 2. The van der Waals surface area contributed by atoms with Gasteiger partial charge in [-0.3, -0.25) is 4.79 Å². The molecule has 1 aliphatic heterocycles. The zero-order valence-electron chi connectivity index (χ0n) is 19.1. The lowest BCUT2D eigenvalue weighted by molar-refractivity contribution is -0.0498. The van der Waals surface area contributed by atoms with E-state index in [0.29, 0.717) is 41.4 Å². The average Bonchev–Trinajstić information content (AvgIpc) is 3.55. The van der Waals surface area contributed by atoms with Crippen molar-refractivity contribution in [2.75, 3.05) is 25.1 Å². The van der Waals surface area contributed by atoms with Crippen LogP contribution < -0.4 is 25.4 Å². The largest absolute Gasteiger partial charge is 0.480 e. The summed E-state index contributed by atoms with van der Waals surface area (Å²) >= 11 is 0. The summed E-state index contributed by atoms with van der Waals surface area (Å²) in [6.07, 6.45) is 4.47. The van der Waals surface area contributed by atoms with Gasteiger partial charge in [0.05, 0.1) is 23.9 Å². The number of methoxy groups -OCH3 is 1. The molecule has 2 atom stereocenters. The van der Waals surface area contributed by atoms with Crippen LogP contribution in [0.25, 0.3) is 11.1 Å². The summed E-state index contributed by atoms with van der Waals surface area (Å²) in [4.78, 5) is 19.8. The number of nitrogens with one attached hydrogen (secondary N) is 1. The van der Waals surface area contributed by atoms with Crippen molar-refractivity contribution in [3.8, 4) is 22.8 Å². The van der Waals surface area contributed by atoms with Crippen LogP contribution in [0.15, 0.2) is 30.5 Å². The van der Waals surface area contributed by atoms with Crippen molar-refractivity contribution >= 4 is 11.6 Å². The number of rotatable bonds is 8. The molecule has 178 valence electrons. The van der Waals surface area contributed by atoms with Crippen LogP contribution >= 0.6 is 0 Å². The standard InChI is InChI=1S/C24H30F2N4O3/c1-14(15-7-8-15)29-21(31)18-12-28-22(32-3)19(20(18)30-10-9-24(2,27)13-30)16-5-4-6-17(11-16)33-23(25)26/h4-6,11-12,14-15,23H,7-10,13,27H2,1-3H3,(H,29,31)/t14?,24-/m0/s1. The Morgan fingerprint density at radius 1 is 1.36 bits per heavy atom. The smallest absolute Gasteiger partial charge is 0.387 e. The third-order valence-corrected chi connectivity index (χ3v) is 6.31. The van der Waals surface area contributed by atoms with E-state index in [1.54, 1.807) is 12.1 Å². The number of halogens is 2. The van der Waals surface area contributed by atoms with Crippen LogP contribution in [0, 0.1) is 5.92 Å². The molecular formula is C24H30F2N4O3. The minimum Gasteiger partial charge on any atom is -0.480 e. The number of alkyl halides is 2. The molecule has 1 unspecified atom stereocenters. The number of amides is 1. The predicted molar refractivity (Wildman–Crippen MR) is 122 cm³/mol. The summed E-state index contributed by atoms with van der Waals surface area (Å²) in [6, 6.07) is 6.39. The molecule has 9 heteroatoms. The van der Waals surface area contributed by atoms with E-state index in [1.807, 2.05) is 13.8 Å². The van der Waals surface area contributed by atoms with Gasteiger partial charge in [0.25, 0.3) is 5.91 Å². The van der Waals surface area contributed by atoms with E-state index in [9.17, 15) is 13.6 Å². The molecule has 33 heavy (non-hydrogen) atoms. The number of anilines is 1. The Bertz CT molecular complexity index is 1030. The van der Waals surface area contributed by atoms with Gasteiger partial charge in [0.15, 0.2) is 0 Å². The van der Waals surface area contributed by atoms with Gasteiger partial charge < -0.3 is 25.4 Å². The van der Waals surface area contributed by atoms with Gasteiger partial charge in [0.2, 0.25) is 5.88 Å². The lowest BCUT2D eigenvalue weighted by atomic mass is 9.99. The number of nitrogens with two attached hydrogens (primary N) is 1. The van der Waals surface area contributed by atoms with Crippen LogP contribution in [0.3, 0.4) is 0 Å². The summed E-state index contributed by atoms with van der Waals surface area (Å²) in [5.74, 6) is 0.561. The van der Waals surface area contributed by atoms with Gasteiger partial charge in [-0.25, -0.2) is 4.98 Å². The molecule has 1 aromatic heterocycles. The molecule has 0 radical (unpaired) electrons. The van der Waals surface area contributed by atoms with E-state index in [1.165, 1.54) is 25.4 Å². The van der Waals surface area contributed by atoms with Gasteiger partial charge in [0, 0.05) is 30.9 Å². The second kappa shape index (κ2) is 9.13. The molecule has 3 N–H and O–H groups in total. The Kier molecular flexibility index (Phi) is 6.43. The monoisotopic (exact) mass is 460 g/mol. The molecule has 2 aliphatic rings. The van der Waals surface area contributed by atoms with E-state index in [2.05, 4.69) is 19.9 Å². The maximum Gasteiger partial charge on any atom is 0.387 e. The first kappa shape index (κ1) is 23.2. The van der Waals surface area contributed by atoms with Gasteiger partial charge in [0.1, 0.15) is 5.75 Å². The number of hydrogen-bond donors (Lipinski definition) is 2. The number of aromatic nitrogens is 1. The van der Waals surface area contributed by atoms with Crippen molar-refractivity contribution < 1.29 is 23.0 Å². The molecule has 2 aromatic rings. The highest BCUT2D eigenvalue weighted by Gasteiger charge is 2.36. The van der Waals surface area contributed by atoms with Gasteiger partial charge in [-0.1, -0.05) is 12.1 Å². The SMILES string of the molecule is COc1ncc(C(=O)NC(C)C2CC2)c(N2CC[C@](C)(N)C2)c1-c1cccc(OC(F)F)c1. The van der Waals surface area contributed by atoms with Crippen LogP contribution in [0.4, 0.5) is 14.5 Å². The zero-order valence-corrected chi connectivity index (χ0v) is 19.1. The Labute approximate surface area is 192 Å². The van der Waals surface area contributed by atoms with Gasteiger partial charge in [-0.05, 0) is 56.7 Å². The van der Waals surface area contributed by atoms with Crippen LogP contribution in [-0.2, 0) is 0 Å². The van der Waals surface area contributed by atoms with Crippen LogP contribution in [0.2, 0.25) is 0 Å². The van der Waals surface area contributed by atoms with Crippen molar-refractivity contribution in [1.29, 1.82) is 0 Å². The summed E-state index contributed by atoms with van der Waals surface area (Å²) in [7, 11) is 1.49. The van der Waals surface area contributed by atoms with Crippen molar-refractivity contribution in [3.63, 3.8) is 0 Å². The quantitative estimate of drug-likeness (QED) is 0.623. The second-order valence-corrected chi connectivity index (χ2v) is 9.24. The van der Waals surface area contributed by atoms with Gasteiger partial charge in [-0.2, -0.15) is 8.78 Å². The number of carbonyl (C=O) groups excluding carboxylic acids is 1. The number of benzene rings is 1. The molecule has 1 aliphatic carbocycles. The molecular weight excluding hydrogens is 430 g/mol. The molecule has 1 amide bonds. The van der Waals surface area contributed by atoms with E-state index in [4.69, 9.17) is 10.5 Å². The van der Waals surface area contributed by atoms with Crippen LogP contribution in [0.1, 0.15) is 43.5 Å². The topological polar surface area (TPSA) is 89.7 Å². The first-order valence-corrected chi connectivity index (χ1v) is 11.2. The summed E-state index contributed by atoms with van der Waals surface area (Å²) < 4.78 is 35.8. The molecule has 4 rings (SSSR count). The van der Waals surface area contributed by atoms with E-state index in [-0.39, 0.29) is 23.6 Å². The number of pyridine rings is 1. The molecule has 0 bridgehead atoms. The van der Waals surface area contributed by atoms with Crippen LogP contribution in [-0.4, -0.2) is 49.3 Å².